The minimum atomic E-state index is -0.666. The van der Waals surface area contributed by atoms with Gasteiger partial charge in [0.05, 0.1) is 47.4 Å². The van der Waals surface area contributed by atoms with Gasteiger partial charge in [0.2, 0.25) is 11.8 Å². The Morgan fingerprint density at radius 3 is 2.32 bits per heavy atom. The summed E-state index contributed by atoms with van der Waals surface area (Å²) in [4.78, 5) is 49.3. The van der Waals surface area contributed by atoms with Gasteiger partial charge in [-0.05, 0) is 91.4 Å². The van der Waals surface area contributed by atoms with Crippen LogP contribution in [-0.2, 0) is 19.1 Å². The van der Waals surface area contributed by atoms with E-state index in [9.17, 15) is 14.7 Å². The number of para-hydroxylation sites is 1. The lowest BCUT2D eigenvalue weighted by Gasteiger charge is -2.33. The number of likely N-dealkylation sites (tertiary alicyclic amines) is 1. The second-order valence-electron chi connectivity index (χ2n) is 18.7. The molecule has 5 N–H and O–H groups in total. The van der Waals surface area contributed by atoms with Gasteiger partial charge in [0.15, 0.2) is 17.4 Å². The molecule has 4 aromatic heterocycles. The number of aromatic amines is 1. The lowest BCUT2D eigenvalue weighted by atomic mass is 10.0. The second-order valence-corrected chi connectivity index (χ2v) is 19.1. The van der Waals surface area contributed by atoms with Crippen molar-refractivity contribution >= 4 is 51.4 Å². The smallest absolute Gasteiger partial charge is 0.296 e. The number of nitrogens with two attached hydrogens (primary N) is 1. The van der Waals surface area contributed by atoms with Crippen LogP contribution in [0, 0.1) is 0 Å². The summed E-state index contributed by atoms with van der Waals surface area (Å²) in [6, 6.07) is 35.0. The molecule has 3 aliphatic heterocycles. The maximum Gasteiger partial charge on any atom is 0.296 e. The number of halogens is 1. The molecule has 11 rings (SSSR count). The number of hydrogen-bond donors (Lipinski definition) is 4. The number of nitrogens with one attached hydrogen (secondary N) is 2. The number of amides is 2. The SMILES string of the molecule is Nc1ncnc2c1c(-c1ccc(Oc3ccccc3)cc1)nn2[C@@H]1CCCN(C(=O)CCCCCC(=O)NCCOc2ccc(-c3ccc(-c4nc5nc(O[C@@H]6CO[C@H]7[C@@H]6OC[C@H]7O)[nH]c5cc4Cl)cc3)cc2)C1. The highest BCUT2D eigenvalue weighted by atomic mass is 35.5. The number of benzene rings is 4. The monoisotopic (exact) mass is 1020 g/mol. The van der Waals surface area contributed by atoms with Gasteiger partial charge in [0.1, 0.15) is 60.0 Å². The normalized spacial score (nSPS) is 19.4. The van der Waals surface area contributed by atoms with Crippen LogP contribution in [0.5, 0.6) is 23.3 Å². The number of pyridine rings is 1. The van der Waals surface area contributed by atoms with Crippen LogP contribution in [0.15, 0.2) is 116 Å². The van der Waals surface area contributed by atoms with Crippen LogP contribution in [0.25, 0.3) is 55.8 Å². The third kappa shape index (κ3) is 10.7. The maximum absolute atomic E-state index is 13.5. The molecule has 0 unspecified atom stereocenters. The zero-order chi connectivity index (χ0) is 50.5. The van der Waals surface area contributed by atoms with Gasteiger partial charge in [-0.25, -0.2) is 19.6 Å². The first-order valence-corrected chi connectivity index (χ1v) is 25.4. The molecule has 18 nitrogen and oxygen atoms in total. The van der Waals surface area contributed by atoms with E-state index < -0.39 is 18.3 Å². The van der Waals surface area contributed by atoms with Gasteiger partial charge < -0.3 is 49.7 Å². The number of aliphatic hydroxyl groups is 1. The number of piperidine rings is 1. The molecular formula is C55H55ClN10O8. The number of anilines is 1. The molecule has 5 atom stereocenters. The van der Waals surface area contributed by atoms with Gasteiger partial charge in [0, 0.05) is 37.1 Å². The van der Waals surface area contributed by atoms with Crippen molar-refractivity contribution in [2.75, 3.05) is 45.2 Å². The number of rotatable bonds is 18. The number of ether oxygens (including phenoxy) is 5. The second kappa shape index (κ2) is 21.8. The number of fused-ring (bicyclic) bond motifs is 3. The molecule has 7 heterocycles. The molecule has 4 aromatic carbocycles. The topological polar surface area (TPSA) is 227 Å². The number of nitrogens with zero attached hydrogens (tertiary/aromatic N) is 7. The Kier molecular flexibility index (Phi) is 14.3. The van der Waals surface area contributed by atoms with Gasteiger partial charge in [-0.3, -0.25) is 9.59 Å². The average molecular weight is 1020 g/mol. The number of nitrogen functional groups attached to an aromatic ring is 1. The largest absolute Gasteiger partial charge is 0.492 e. The van der Waals surface area contributed by atoms with Crippen molar-refractivity contribution in [2.24, 2.45) is 0 Å². The summed E-state index contributed by atoms with van der Waals surface area (Å²) >= 11 is 6.70. The summed E-state index contributed by atoms with van der Waals surface area (Å²) in [5.41, 5.74) is 13.1. The predicted octanol–water partition coefficient (Wildman–Crippen LogP) is 8.34. The van der Waals surface area contributed by atoms with Crippen molar-refractivity contribution in [1.82, 2.24) is 44.9 Å². The van der Waals surface area contributed by atoms with Gasteiger partial charge in [-0.2, -0.15) is 10.1 Å². The Bertz CT molecular complexity index is 3250. The van der Waals surface area contributed by atoms with Gasteiger partial charge in [0.25, 0.3) is 6.01 Å². The Morgan fingerprint density at radius 1 is 0.811 bits per heavy atom. The van der Waals surface area contributed by atoms with E-state index in [-0.39, 0.29) is 43.2 Å². The Balaban J connectivity index is 0.595. The molecule has 0 bridgehead atoms. The zero-order valence-corrected chi connectivity index (χ0v) is 41.2. The Labute approximate surface area is 431 Å². The van der Waals surface area contributed by atoms with Crippen LogP contribution < -0.4 is 25.3 Å². The van der Waals surface area contributed by atoms with E-state index in [4.69, 9.17) is 51.1 Å². The van der Waals surface area contributed by atoms with E-state index in [1.807, 2.05) is 113 Å². The number of hydrogen-bond acceptors (Lipinski definition) is 14. The van der Waals surface area contributed by atoms with Crippen molar-refractivity contribution in [3.05, 3.63) is 121 Å². The van der Waals surface area contributed by atoms with Gasteiger partial charge in [-0.1, -0.05) is 72.6 Å². The number of imidazole rings is 1. The molecule has 2 amide bonds. The third-order valence-electron chi connectivity index (χ3n) is 13.7. The first kappa shape index (κ1) is 48.6. The Hall–Kier alpha value is -7.64. The highest BCUT2D eigenvalue weighted by molar-refractivity contribution is 6.33. The van der Waals surface area contributed by atoms with E-state index in [0.717, 1.165) is 47.3 Å². The van der Waals surface area contributed by atoms with Crippen molar-refractivity contribution in [3.8, 4) is 56.9 Å². The van der Waals surface area contributed by atoms with E-state index in [0.29, 0.717) is 108 Å². The lowest BCUT2D eigenvalue weighted by molar-refractivity contribution is -0.133. The summed E-state index contributed by atoms with van der Waals surface area (Å²) in [7, 11) is 0. The summed E-state index contributed by atoms with van der Waals surface area (Å²) in [5.74, 6) is 2.56. The van der Waals surface area contributed by atoms with Gasteiger partial charge in [-0.15, -0.1) is 0 Å². The fourth-order valence-electron chi connectivity index (χ4n) is 9.89. The summed E-state index contributed by atoms with van der Waals surface area (Å²) in [6.45, 7) is 2.42. The van der Waals surface area contributed by atoms with Crippen LogP contribution >= 0.6 is 11.6 Å². The molecular weight excluding hydrogens is 964 g/mol. The summed E-state index contributed by atoms with van der Waals surface area (Å²) in [5, 5.41) is 19.2. The quantitative estimate of drug-likeness (QED) is 0.0593. The van der Waals surface area contributed by atoms with Crippen LogP contribution in [-0.4, -0.2) is 120 Å². The summed E-state index contributed by atoms with van der Waals surface area (Å²) in [6.07, 6.45) is 4.27. The van der Waals surface area contributed by atoms with E-state index in [2.05, 4.69) is 25.3 Å². The molecule has 0 spiro atoms. The molecule has 3 saturated heterocycles. The minimum absolute atomic E-state index is 0.0432. The minimum Gasteiger partial charge on any atom is -0.492 e. The van der Waals surface area contributed by atoms with Crippen molar-refractivity contribution in [1.29, 1.82) is 0 Å². The molecule has 3 aliphatic rings. The van der Waals surface area contributed by atoms with Crippen molar-refractivity contribution < 1.29 is 38.4 Å². The number of H-pyrrole nitrogens is 1. The third-order valence-corrected chi connectivity index (χ3v) is 14.0. The molecule has 0 radical (unpaired) electrons. The molecule has 380 valence electrons. The Morgan fingerprint density at radius 2 is 1.51 bits per heavy atom. The van der Waals surface area contributed by atoms with Crippen molar-refractivity contribution in [3.63, 3.8) is 0 Å². The lowest BCUT2D eigenvalue weighted by Crippen LogP contribution is -2.40. The molecule has 0 saturated carbocycles. The molecule has 19 heteroatoms. The highest BCUT2D eigenvalue weighted by Gasteiger charge is 2.48. The predicted molar refractivity (Wildman–Crippen MR) is 278 cm³/mol. The number of aromatic nitrogens is 7. The zero-order valence-electron chi connectivity index (χ0n) is 40.4. The van der Waals surface area contributed by atoms with Crippen molar-refractivity contribution in [2.45, 2.75) is 75.4 Å². The van der Waals surface area contributed by atoms with E-state index in [1.54, 1.807) is 6.07 Å². The van der Waals surface area contributed by atoms with Crippen LogP contribution in [0.4, 0.5) is 5.82 Å². The molecule has 8 aromatic rings. The average Bonchev–Trinajstić information content (AvgIpc) is 4.22. The first-order valence-electron chi connectivity index (χ1n) is 25.0. The highest BCUT2D eigenvalue weighted by Crippen LogP contribution is 2.37. The number of aliphatic hydroxyl groups excluding tert-OH is 1. The summed E-state index contributed by atoms with van der Waals surface area (Å²) < 4.78 is 31.2. The maximum atomic E-state index is 13.5. The van der Waals surface area contributed by atoms with Crippen LogP contribution in [0.3, 0.4) is 0 Å². The number of carbonyl (C=O) groups is 2. The molecule has 74 heavy (non-hydrogen) atoms. The van der Waals surface area contributed by atoms with E-state index in [1.165, 1.54) is 6.33 Å². The van der Waals surface area contributed by atoms with Gasteiger partial charge >= 0.3 is 0 Å². The fourth-order valence-corrected chi connectivity index (χ4v) is 10.1. The van der Waals surface area contributed by atoms with E-state index >= 15 is 0 Å². The first-order chi connectivity index (χ1) is 36.2. The number of carbonyl (C=O) groups excluding carboxylic acids is 2. The van der Waals surface area contributed by atoms with Crippen LogP contribution in [0.1, 0.15) is 51.0 Å². The molecule has 0 aliphatic carbocycles. The molecule has 3 fully saturated rings. The van der Waals surface area contributed by atoms with Crippen LogP contribution in [0.2, 0.25) is 5.02 Å². The number of unbranched alkanes of at least 4 members (excludes halogenated alkanes) is 2. The fraction of sp³-hybridized carbons (Fsp3) is 0.327. The standard InChI is InChI=1S/C55H55ClN10O8/c56-41-28-42-53(63-55(61-42)74-44-31-72-50-43(67)30-71-51(44)50)62-48(41)35-15-13-33(14-16-35)34-17-21-38(22-18-34)70-27-25-58-45(68)11-5-2-6-12-46(69)65-26-7-8-37(29-65)66-54-47(52(57)59-32-60-54)49(64-66)36-19-23-40(24-20-36)73-39-9-3-1-4-10-39/h1,3-4,9-10,13-24,28,32,37,43-44,50-51,67H,2,5-8,11-12,25-27,29-31H2,(H,58,68)(H2,57,59,60)(H,61,62,63)/t37-,43-,44-,50-,51-/m1/s1.